The van der Waals surface area contributed by atoms with Gasteiger partial charge in [0.15, 0.2) is 0 Å². The predicted octanol–water partition coefficient (Wildman–Crippen LogP) is 4.67. The van der Waals surface area contributed by atoms with E-state index in [0.29, 0.717) is 11.1 Å². The van der Waals surface area contributed by atoms with E-state index < -0.39 is 26.7 Å². The van der Waals surface area contributed by atoms with Gasteiger partial charge in [-0.1, -0.05) is 71.2 Å². The molecule has 0 radical (unpaired) electrons. The quantitative estimate of drug-likeness (QED) is 0.193. The Balaban J connectivity index is 2.23. The van der Waals surface area contributed by atoms with Crippen molar-refractivity contribution in [1.82, 2.24) is 5.32 Å². The molecule has 0 aliphatic heterocycles. The van der Waals surface area contributed by atoms with Gasteiger partial charge in [-0.2, -0.15) is 0 Å². The van der Waals surface area contributed by atoms with Crippen molar-refractivity contribution in [2.45, 2.75) is 16.4 Å². The molecule has 0 fully saturated rings. The number of carbonyl (C=O) groups is 2. The van der Waals surface area contributed by atoms with Crippen LogP contribution >= 0.6 is 34.8 Å². The number of non-ortho nitro benzene ring substituents is 1. The summed E-state index contributed by atoms with van der Waals surface area (Å²) in [5, 5.41) is 22.7. The normalized spacial score (nSPS) is 12.2. The van der Waals surface area contributed by atoms with Gasteiger partial charge in [-0.15, -0.1) is 0 Å². The third-order valence-electron chi connectivity index (χ3n) is 3.94. The number of alkyl halides is 3. The van der Waals surface area contributed by atoms with Gasteiger partial charge in [-0.05, 0) is 11.1 Å². The Morgan fingerprint density at radius 2 is 1.76 bits per heavy atom. The Labute approximate surface area is 180 Å². The lowest BCUT2D eigenvalue weighted by Crippen LogP contribution is -2.28. The van der Waals surface area contributed by atoms with Crippen LogP contribution in [0.15, 0.2) is 48.5 Å². The Kier molecular flexibility index (Phi) is 7.80. The van der Waals surface area contributed by atoms with E-state index >= 15 is 0 Å². The van der Waals surface area contributed by atoms with Crippen molar-refractivity contribution in [3.8, 4) is 0 Å². The second-order valence-corrected chi connectivity index (χ2v) is 8.12. The number of hydrogen-bond donors (Lipinski definition) is 2. The molecule has 2 N–H and O–H groups in total. The highest BCUT2D eigenvalue weighted by Crippen LogP contribution is 2.31. The van der Waals surface area contributed by atoms with E-state index in [4.69, 9.17) is 39.9 Å². The smallest absolute Gasteiger partial charge is 0.450 e. The minimum Gasteiger partial charge on any atom is -0.450 e. The Hall–Kier alpha value is -2.39. The van der Waals surface area contributed by atoms with Crippen LogP contribution in [0.4, 0.5) is 10.5 Å². The van der Waals surface area contributed by atoms with Crippen LogP contribution in [0.3, 0.4) is 0 Å². The number of ether oxygens (including phenoxy) is 1. The lowest BCUT2D eigenvalue weighted by Gasteiger charge is -2.20. The van der Waals surface area contributed by atoms with Crippen molar-refractivity contribution in [3.05, 3.63) is 75.3 Å². The minimum absolute atomic E-state index is 0.106. The number of nitrogens with one attached hydrogen (secondary N) is 1. The number of halogens is 3. The van der Waals surface area contributed by atoms with Crippen LogP contribution < -0.4 is 5.32 Å². The molecule has 2 aromatic carbocycles. The third kappa shape index (κ3) is 6.57. The summed E-state index contributed by atoms with van der Waals surface area (Å²) < 4.78 is 2.52. The summed E-state index contributed by atoms with van der Waals surface area (Å²) in [6, 6.07) is 11.4. The first-order valence-electron chi connectivity index (χ1n) is 8.12. The molecule has 1 unspecified atom stereocenters. The topological polar surface area (TPSA) is 119 Å². The number of nitro benzene ring substituents is 1. The van der Waals surface area contributed by atoms with Gasteiger partial charge >= 0.3 is 6.16 Å². The summed E-state index contributed by atoms with van der Waals surface area (Å²) >= 11 is 17.1. The Morgan fingerprint density at radius 1 is 1.14 bits per heavy atom. The van der Waals surface area contributed by atoms with Crippen LogP contribution in [0, 0.1) is 10.1 Å². The van der Waals surface area contributed by atoms with Crippen molar-refractivity contribution < 1.29 is 24.4 Å². The summed E-state index contributed by atoms with van der Waals surface area (Å²) in [4.78, 5) is 33.4. The van der Waals surface area contributed by atoms with Crippen molar-refractivity contribution in [3.63, 3.8) is 0 Å². The van der Waals surface area contributed by atoms with Crippen LogP contribution in [-0.4, -0.2) is 32.4 Å². The van der Waals surface area contributed by atoms with Crippen molar-refractivity contribution in [1.29, 1.82) is 0 Å². The molecule has 0 amide bonds. The highest BCUT2D eigenvalue weighted by atomic mass is 35.6. The van der Waals surface area contributed by atoms with Crippen LogP contribution in [0.25, 0.3) is 0 Å². The number of carbonyl (C=O) groups excluding carboxylic acids is 1. The van der Waals surface area contributed by atoms with Gasteiger partial charge in [0.1, 0.15) is 6.61 Å². The molecular weight excluding hydrogens is 447 g/mol. The van der Waals surface area contributed by atoms with Crippen molar-refractivity contribution in [2.24, 2.45) is 0 Å². The molecule has 0 aromatic heterocycles. The van der Waals surface area contributed by atoms with Crippen LogP contribution in [0.1, 0.15) is 27.5 Å². The van der Waals surface area contributed by atoms with E-state index in [1.54, 1.807) is 18.2 Å². The van der Waals surface area contributed by atoms with E-state index in [9.17, 15) is 19.7 Å². The molecule has 0 aliphatic carbocycles. The molecule has 0 heterocycles. The fraction of sp³-hybridized carbons (Fsp3) is 0.222. The fourth-order valence-electron chi connectivity index (χ4n) is 2.54. The van der Waals surface area contributed by atoms with Crippen molar-refractivity contribution >= 4 is 52.4 Å². The van der Waals surface area contributed by atoms with Gasteiger partial charge in [0.2, 0.25) is 5.78 Å². The number of rotatable bonds is 8. The minimum atomic E-state index is -2.12. The van der Waals surface area contributed by atoms with Gasteiger partial charge in [0, 0.05) is 24.2 Å². The molecule has 11 heteroatoms. The third-order valence-corrected chi connectivity index (χ3v) is 4.45. The number of ketones is 1. The summed E-state index contributed by atoms with van der Waals surface area (Å²) in [6.07, 6.45) is -1.47. The highest BCUT2D eigenvalue weighted by Gasteiger charge is 2.33. The SMILES string of the molecule is O=C(O)OCC(NCc1ccccc1C(=O)C(Cl)(Cl)Cl)c1ccc([N+](=O)[O-])cc1. The monoisotopic (exact) mass is 460 g/mol. The summed E-state index contributed by atoms with van der Waals surface area (Å²) in [5.74, 6) is -0.700. The first-order chi connectivity index (χ1) is 13.6. The van der Waals surface area contributed by atoms with E-state index in [0.717, 1.165) is 0 Å². The first kappa shape index (κ1) is 22.9. The summed E-state index contributed by atoms with van der Waals surface area (Å²) in [6.45, 7) is -0.138. The standard InChI is InChI=1S/C18H15Cl3N2O6/c19-18(20,21)16(24)14-4-2-1-3-12(14)9-22-15(10-29-17(25)26)11-5-7-13(8-6-11)23(27)28/h1-8,15,22H,9-10H2,(H,25,26). The molecule has 29 heavy (non-hydrogen) atoms. The molecule has 1 atom stereocenters. The van der Waals surface area contributed by atoms with Gasteiger partial charge in [-0.3, -0.25) is 14.9 Å². The number of nitrogens with zero attached hydrogens (tertiary/aromatic N) is 1. The average molecular weight is 462 g/mol. The van der Waals surface area contributed by atoms with E-state index in [1.807, 2.05) is 0 Å². The molecule has 0 saturated carbocycles. The zero-order valence-corrected chi connectivity index (χ0v) is 16.9. The van der Waals surface area contributed by atoms with Gasteiger partial charge in [0.25, 0.3) is 9.48 Å². The Bertz CT molecular complexity index is 899. The van der Waals surface area contributed by atoms with Gasteiger partial charge in [-0.25, -0.2) is 4.79 Å². The second kappa shape index (κ2) is 9.89. The van der Waals surface area contributed by atoms with Crippen LogP contribution in [0.5, 0.6) is 0 Å². The van der Waals surface area contributed by atoms with Crippen LogP contribution in [-0.2, 0) is 11.3 Å². The molecule has 0 saturated heterocycles. The summed E-state index contributed by atoms with van der Waals surface area (Å²) in [7, 11) is 0. The number of hydrogen-bond acceptors (Lipinski definition) is 6. The van der Waals surface area contributed by atoms with E-state index in [2.05, 4.69) is 10.1 Å². The van der Waals surface area contributed by atoms with Crippen molar-refractivity contribution in [2.75, 3.05) is 6.61 Å². The molecule has 2 rings (SSSR count). The average Bonchev–Trinajstić information content (AvgIpc) is 2.67. The Morgan fingerprint density at radius 3 is 2.31 bits per heavy atom. The van der Waals surface area contributed by atoms with Gasteiger partial charge in [0.05, 0.1) is 11.0 Å². The fourth-order valence-corrected chi connectivity index (χ4v) is 2.84. The molecule has 154 valence electrons. The maximum atomic E-state index is 12.3. The first-order valence-corrected chi connectivity index (χ1v) is 9.26. The summed E-state index contributed by atoms with van der Waals surface area (Å²) in [5.41, 5.74) is 1.17. The van der Waals surface area contributed by atoms with Crippen LogP contribution in [0.2, 0.25) is 0 Å². The molecular formula is C18H15Cl3N2O6. The van der Waals surface area contributed by atoms with Gasteiger partial charge < -0.3 is 15.2 Å². The number of benzene rings is 2. The number of carboxylic acid groups (broad SMARTS) is 1. The molecule has 8 nitrogen and oxygen atoms in total. The molecule has 0 aliphatic rings. The maximum Gasteiger partial charge on any atom is 0.505 e. The number of nitro groups is 1. The maximum absolute atomic E-state index is 12.3. The lowest BCUT2D eigenvalue weighted by molar-refractivity contribution is -0.384. The number of Topliss-reactive ketones (excluding diaryl/α,β-unsaturated/α-hetero) is 1. The lowest BCUT2D eigenvalue weighted by atomic mass is 10.0. The van der Waals surface area contributed by atoms with E-state index in [-0.39, 0.29) is 24.4 Å². The zero-order valence-electron chi connectivity index (χ0n) is 14.7. The molecule has 0 bridgehead atoms. The predicted molar refractivity (Wildman–Crippen MR) is 108 cm³/mol. The molecule has 0 spiro atoms. The molecule has 2 aromatic rings. The highest BCUT2D eigenvalue weighted by molar-refractivity contribution is 6.77. The van der Waals surface area contributed by atoms with E-state index in [1.165, 1.54) is 30.3 Å². The largest absolute Gasteiger partial charge is 0.505 e. The zero-order chi connectivity index (χ0) is 21.6. The second-order valence-electron chi connectivity index (χ2n) is 5.84.